The Hall–Kier alpha value is -5.92. The molecule has 0 aromatic heterocycles. The molecule has 0 saturated heterocycles. The summed E-state index contributed by atoms with van der Waals surface area (Å²) >= 11 is 0. The van der Waals surface area contributed by atoms with Crippen molar-refractivity contribution in [3.05, 3.63) is 198 Å². The van der Waals surface area contributed by atoms with Crippen LogP contribution >= 0.6 is 0 Å². The van der Waals surface area contributed by atoms with Crippen LogP contribution in [0, 0.1) is 0 Å². The highest BCUT2D eigenvalue weighted by Crippen LogP contribution is 2.53. The number of hydrogen-bond acceptors (Lipinski definition) is 1. The lowest BCUT2D eigenvalue weighted by atomic mass is 9.77. The van der Waals surface area contributed by atoms with Gasteiger partial charge in [-0.3, -0.25) is 0 Å². The second-order valence-electron chi connectivity index (χ2n) is 15.0. The number of hydrogen-bond donors (Lipinski definition) is 0. The maximum atomic E-state index is 2.43. The maximum Gasteiger partial charge on any atom is 0.0465 e. The molecule has 0 radical (unpaired) electrons. The third kappa shape index (κ3) is 5.15. The average molecular weight is 656 g/mol. The van der Waals surface area contributed by atoms with Crippen molar-refractivity contribution in [2.24, 2.45) is 0 Å². The summed E-state index contributed by atoms with van der Waals surface area (Å²) in [5.41, 5.74) is 13.7. The van der Waals surface area contributed by atoms with Crippen LogP contribution in [0.15, 0.2) is 176 Å². The molecule has 51 heavy (non-hydrogen) atoms. The molecule has 0 N–H and O–H groups in total. The number of anilines is 3. The summed E-state index contributed by atoms with van der Waals surface area (Å²) in [6.07, 6.45) is 0. The molecule has 0 unspecified atom stereocenters. The molecule has 1 nitrogen and oxygen atoms in total. The van der Waals surface area contributed by atoms with Gasteiger partial charge in [0.1, 0.15) is 0 Å². The largest absolute Gasteiger partial charge is 0.310 e. The molecule has 0 bridgehead atoms. The first kappa shape index (κ1) is 31.1. The molecule has 8 aromatic carbocycles. The molecule has 0 saturated carbocycles. The summed E-state index contributed by atoms with van der Waals surface area (Å²) in [6, 6.07) is 64.8. The molecule has 1 aliphatic rings. The van der Waals surface area contributed by atoms with Crippen LogP contribution in [-0.4, -0.2) is 0 Å². The monoisotopic (exact) mass is 655 g/mol. The van der Waals surface area contributed by atoms with Crippen LogP contribution in [0.3, 0.4) is 0 Å². The van der Waals surface area contributed by atoms with Crippen LogP contribution in [0.5, 0.6) is 0 Å². The number of benzene rings is 8. The van der Waals surface area contributed by atoms with Gasteiger partial charge >= 0.3 is 0 Å². The maximum absolute atomic E-state index is 2.43. The zero-order valence-corrected chi connectivity index (χ0v) is 29.7. The Morgan fingerprint density at radius 2 is 1.00 bits per heavy atom. The summed E-state index contributed by atoms with van der Waals surface area (Å²) in [5, 5.41) is 5.16. The zero-order chi connectivity index (χ0) is 34.7. The van der Waals surface area contributed by atoms with Gasteiger partial charge in [0, 0.05) is 27.9 Å². The fourth-order valence-electron chi connectivity index (χ4n) is 8.29. The van der Waals surface area contributed by atoms with Crippen molar-refractivity contribution in [1.29, 1.82) is 0 Å². The van der Waals surface area contributed by atoms with Crippen molar-refractivity contribution in [2.45, 2.75) is 38.5 Å². The van der Waals surface area contributed by atoms with Gasteiger partial charge in [-0.2, -0.15) is 0 Å². The molecule has 0 aliphatic heterocycles. The minimum Gasteiger partial charge on any atom is -0.310 e. The molecule has 1 heteroatoms. The molecule has 0 heterocycles. The van der Waals surface area contributed by atoms with E-state index in [0.717, 1.165) is 17.1 Å². The fourth-order valence-corrected chi connectivity index (χ4v) is 8.29. The van der Waals surface area contributed by atoms with Gasteiger partial charge in [-0.1, -0.05) is 167 Å². The first-order valence-electron chi connectivity index (χ1n) is 18.0. The van der Waals surface area contributed by atoms with Crippen LogP contribution < -0.4 is 4.90 Å². The summed E-state index contributed by atoms with van der Waals surface area (Å²) in [6.45, 7) is 9.41. The molecule has 246 valence electrons. The van der Waals surface area contributed by atoms with E-state index in [1.54, 1.807) is 0 Å². The topological polar surface area (TPSA) is 3.24 Å². The third-order valence-corrected chi connectivity index (χ3v) is 11.4. The Labute approximate surface area is 301 Å². The Balaban J connectivity index is 1.15. The van der Waals surface area contributed by atoms with Gasteiger partial charge in [-0.25, -0.2) is 0 Å². The standard InChI is InChI=1S/C50H41N/c1-49(2,40-22-18-35-14-8-9-16-38(35)32-40)39-23-27-42(28-24-39)51(41-25-19-36(20-26-41)34-12-6-5-7-13-34)43-29-30-45-47(33-43)50(3,4)46-31-21-37-15-10-11-17-44(37)48(45)46/h5-33H,1-4H3. The predicted octanol–water partition coefficient (Wildman–Crippen LogP) is 13.8. The van der Waals surface area contributed by atoms with E-state index < -0.39 is 0 Å². The van der Waals surface area contributed by atoms with Crippen LogP contribution in [0.2, 0.25) is 0 Å². The Bertz CT molecular complexity index is 2560. The van der Waals surface area contributed by atoms with Gasteiger partial charge < -0.3 is 4.90 Å². The second kappa shape index (κ2) is 11.9. The Morgan fingerprint density at radius 3 is 1.75 bits per heavy atom. The lowest BCUT2D eigenvalue weighted by molar-refractivity contribution is 0.642. The smallest absolute Gasteiger partial charge is 0.0465 e. The predicted molar refractivity (Wildman–Crippen MR) is 218 cm³/mol. The molecule has 0 atom stereocenters. The van der Waals surface area contributed by atoms with Gasteiger partial charge in [0.15, 0.2) is 0 Å². The van der Waals surface area contributed by atoms with Gasteiger partial charge in [0.2, 0.25) is 0 Å². The minimum absolute atomic E-state index is 0.124. The van der Waals surface area contributed by atoms with Crippen molar-refractivity contribution >= 4 is 38.6 Å². The van der Waals surface area contributed by atoms with Gasteiger partial charge in [0.25, 0.3) is 0 Å². The summed E-state index contributed by atoms with van der Waals surface area (Å²) in [4.78, 5) is 2.42. The van der Waals surface area contributed by atoms with E-state index in [9.17, 15) is 0 Å². The van der Waals surface area contributed by atoms with Crippen molar-refractivity contribution in [3.63, 3.8) is 0 Å². The zero-order valence-electron chi connectivity index (χ0n) is 29.7. The van der Waals surface area contributed by atoms with Crippen molar-refractivity contribution in [3.8, 4) is 22.3 Å². The summed E-state index contributed by atoms with van der Waals surface area (Å²) < 4.78 is 0. The van der Waals surface area contributed by atoms with Gasteiger partial charge in [0.05, 0.1) is 0 Å². The first-order valence-corrected chi connectivity index (χ1v) is 18.0. The molecule has 9 rings (SSSR count). The summed E-state index contributed by atoms with van der Waals surface area (Å²) in [7, 11) is 0. The van der Waals surface area contributed by atoms with Crippen LogP contribution in [0.25, 0.3) is 43.8 Å². The molecule has 0 spiro atoms. The highest BCUT2D eigenvalue weighted by atomic mass is 15.1. The van der Waals surface area contributed by atoms with E-state index in [2.05, 4.69) is 209 Å². The normalized spacial score (nSPS) is 13.3. The highest BCUT2D eigenvalue weighted by molar-refractivity contribution is 6.03. The van der Waals surface area contributed by atoms with Crippen molar-refractivity contribution in [2.75, 3.05) is 4.90 Å². The van der Waals surface area contributed by atoms with Crippen LogP contribution in [0.1, 0.15) is 49.9 Å². The molecular weight excluding hydrogens is 615 g/mol. The number of rotatable bonds is 6. The average Bonchev–Trinajstić information content (AvgIpc) is 3.41. The van der Waals surface area contributed by atoms with E-state index in [-0.39, 0.29) is 10.8 Å². The van der Waals surface area contributed by atoms with E-state index in [4.69, 9.17) is 0 Å². The fraction of sp³-hybridized carbons (Fsp3) is 0.120. The Kier molecular flexibility index (Phi) is 7.22. The molecule has 0 fully saturated rings. The van der Waals surface area contributed by atoms with Gasteiger partial charge in [-0.05, 0) is 102 Å². The SMILES string of the molecule is CC(C)(c1ccc(N(c2ccc(-c3ccccc3)cc2)c2ccc3c(c2)C(C)(C)c2ccc4ccccc4c2-3)cc1)c1ccc2ccccc2c1. The van der Waals surface area contributed by atoms with Crippen LogP contribution in [-0.2, 0) is 10.8 Å². The minimum atomic E-state index is -0.156. The lowest BCUT2D eigenvalue weighted by Gasteiger charge is -2.30. The van der Waals surface area contributed by atoms with E-state index in [1.165, 1.54) is 66.1 Å². The highest BCUT2D eigenvalue weighted by Gasteiger charge is 2.37. The lowest BCUT2D eigenvalue weighted by Crippen LogP contribution is -2.19. The first-order chi connectivity index (χ1) is 24.8. The Morgan fingerprint density at radius 1 is 0.431 bits per heavy atom. The number of nitrogens with zero attached hydrogens (tertiary/aromatic N) is 1. The third-order valence-electron chi connectivity index (χ3n) is 11.4. The second-order valence-corrected chi connectivity index (χ2v) is 15.0. The number of fused-ring (bicyclic) bond motifs is 6. The van der Waals surface area contributed by atoms with E-state index in [0.29, 0.717) is 0 Å². The van der Waals surface area contributed by atoms with Crippen LogP contribution in [0.4, 0.5) is 17.1 Å². The van der Waals surface area contributed by atoms with Gasteiger partial charge in [-0.15, -0.1) is 0 Å². The quantitative estimate of drug-likeness (QED) is 0.172. The van der Waals surface area contributed by atoms with Crippen molar-refractivity contribution < 1.29 is 0 Å². The molecule has 8 aromatic rings. The summed E-state index contributed by atoms with van der Waals surface area (Å²) in [5.74, 6) is 0. The molecule has 1 aliphatic carbocycles. The molecule has 0 amide bonds. The van der Waals surface area contributed by atoms with E-state index in [1.807, 2.05) is 0 Å². The molecular formula is C50H41N. The van der Waals surface area contributed by atoms with E-state index >= 15 is 0 Å². The van der Waals surface area contributed by atoms with Crippen molar-refractivity contribution in [1.82, 2.24) is 0 Å².